The minimum atomic E-state index is -0.186. The Hall–Kier alpha value is -2.43. The predicted octanol–water partition coefficient (Wildman–Crippen LogP) is 2.62. The van der Waals surface area contributed by atoms with E-state index in [9.17, 15) is 4.79 Å². The van der Waals surface area contributed by atoms with Crippen molar-refractivity contribution in [1.29, 1.82) is 0 Å². The van der Waals surface area contributed by atoms with Crippen LogP contribution in [-0.4, -0.2) is 21.4 Å². The van der Waals surface area contributed by atoms with Crippen LogP contribution in [0.4, 0.5) is 5.69 Å². The van der Waals surface area contributed by atoms with Crippen molar-refractivity contribution in [2.75, 3.05) is 5.32 Å². The summed E-state index contributed by atoms with van der Waals surface area (Å²) in [5.74, 6) is -0.186. The quantitative estimate of drug-likeness (QED) is 0.905. The molecule has 5 nitrogen and oxygen atoms in total. The number of rotatable bonds is 4. The SMILES string of the molecule is CC(C)(C)Nc1ccc(C(=O)NCc2ccncc2)nc1. The Morgan fingerprint density at radius 2 is 1.86 bits per heavy atom. The molecule has 2 rings (SSSR count). The third-order valence-electron chi connectivity index (χ3n) is 2.72. The normalized spacial score (nSPS) is 11.0. The zero-order valence-electron chi connectivity index (χ0n) is 12.6. The molecule has 2 heterocycles. The summed E-state index contributed by atoms with van der Waals surface area (Å²) in [4.78, 5) is 20.1. The van der Waals surface area contributed by atoms with Crippen LogP contribution in [0, 0.1) is 0 Å². The Labute approximate surface area is 124 Å². The van der Waals surface area contributed by atoms with Crippen LogP contribution in [0.15, 0.2) is 42.9 Å². The molecule has 0 aliphatic heterocycles. The van der Waals surface area contributed by atoms with Gasteiger partial charge in [0.05, 0.1) is 11.9 Å². The van der Waals surface area contributed by atoms with Crippen LogP contribution in [0.25, 0.3) is 0 Å². The molecule has 0 spiro atoms. The molecule has 5 heteroatoms. The zero-order chi connectivity index (χ0) is 15.3. The zero-order valence-corrected chi connectivity index (χ0v) is 12.6. The maximum absolute atomic E-state index is 12.0. The maximum atomic E-state index is 12.0. The second-order valence-corrected chi connectivity index (χ2v) is 5.85. The Bertz CT molecular complexity index is 588. The molecule has 0 atom stereocenters. The number of aromatic nitrogens is 2. The Kier molecular flexibility index (Phi) is 4.52. The molecule has 21 heavy (non-hydrogen) atoms. The number of hydrogen-bond acceptors (Lipinski definition) is 4. The molecular weight excluding hydrogens is 264 g/mol. The first kappa shape index (κ1) is 15.0. The molecule has 2 N–H and O–H groups in total. The van der Waals surface area contributed by atoms with Crippen LogP contribution >= 0.6 is 0 Å². The summed E-state index contributed by atoms with van der Waals surface area (Å²) in [5.41, 5.74) is 2.27. The largest absolute Gasteiger partial charge is 0.379 e. The van der Waals surface area contributed by atoms with E-state index in [4.69, 9.17) is 0 Å². The lowest BCUT2D eigenvalue weighted by Crippen LogP contribution is -2.26. The van der Waals surface area contributed by atoms with Crippen LogP contribution in [0.1, 0.15) is 36.8 Å². The highest BCUT2D eigenvalue weighted by Gasteiger charge is 2.11. The molecule has 1 amide bonds. The number of pyridine rings is 2. The molecular formula is C16H20N4O. The van der Waals surface area contributed by atoms with Crippen LogP contribution in [-0.2, 0) is 6.54 Å². The number of amides is 1. The summed E-state index contributed by atoms with van der Waals surface area (Å²) in [6.07, 6.45) is 5.08. The van der Waals surface area contributed by atoms with Gasteiger partial charge in [0.25, 0.3) is 5.91 Å². The Morgan fingerprint density at radius 1 is 1.14 bits per heavy atom. The van der Waals surface area contributed by atoms with Gasteiger partial charge in [0.1, 0.15) is 5.69 Å². The molecule has 110 valence electrons. The van der Waals surface area contributed by atoms with Crippen molar-refractivity contribution in [3.05, 3.63) is 54.1 Å². The first-order valence-corrected chi connectivity index (χ1v) is 6.85. The standard InChI is InChI=1S/C16H20N4O/c1-16(2,3)20-13-4-5-14(18-11-13)15(21)19-10-12-6-8-17-9-7-12/h4-9,11,20H,10H2,1-3H3,(H,19,21). The van der Waals surface area contributed by atoms with Crippen molar-refractivity contribution in [3.63, 3.8) is 0 Å². The third kappa shape index (κ3) is 4.87. The summed E-state index contributed by atoms with van der Waals surface area (Å²) in [6.45, 7) is 6.68. The topological polar surface area (TPSA) is 66.9 Å². The number of nitrogens with one attached hydrogen (secondary N) is 2. The van der Waals surface area contributed by atoms with Gasteiger partial charge in [-0.2, -0.15) is 0 Å². The van der Waals surface area contributed by atoms with Gasteiger partial charge in [0.2, 0.25) is 0 Å². The first-order valence-electron chi connectivity index (χ1n) is 6.85. The molecule has 2 aromatic rings. The average molecular weight is 284 g/mol. The molecule has 0 bridgehead atoms. The van der Waals surface area contributed by atoms with Gasteiger partial charge >= 0.3 is 0 Å². The van der Waals surface area contributed by atoms with E-state index in [1.807, 2.05) is 18.2 Å². The van der Waals surface area contributed by atoms with Crippen LogP contribution in [0.2, 0.25) is 0 Å². The number of nitrogens with zero attached hydrogens (tertiary/aromatic N) is 2. The lowest BCUT2D eigenvalue weighted by Gasteiger charge is -2.21. The average Bonchev–Trinajstić information content (AvgIpc) is 2.45. The molecule has 0 saturated carbocycles. The molecule has 2 aromatic heterocycles. The van der Waals surface area contributed by atoms with Crippen LogP contribution in [0.3, 0.4) is 0 Å². The lowest BCUT2D eigenvalue weighted by atomic mass is 10.1. The maximum Gasteiger partial charge on any atom is 0.270 e. The van der Waals surface area contributed by atoms with Gasteiger partial charge in [-0.25, -0.2) is 4.98 Å². The van der Waals surface area contributed by atoms with Crippen LogP contribution < -0.4 is 10.6 Å². The number of carbonyl (C=O) groups excluding carboxylic acids is 1. The van der Waals surface area contributed by atoms with Crippen molar-refractivity contribution in [3.8, 4) is 0 Å². The van der Waals surface area contributed by atoms with Gasteiger partial charge in [0.15, 0.2) is 0 Å². The molecule has 0 unspecified atom stereocenters. The molecule has 0 saturated heterocycles. The van der Waals surface area contributed by atoms with E-state index in [0.29, 0.717) is 12.2 Å². The van der Waals surface area contributed by atoms with E-state index in [1.54, 1.807) is 24.7 Å². The van der Waals surface area contributed by atoms with E-state index >= 15 is 0 Å². The van der Waals surface area contributed by atoms with E-state index < -0.39 is 0 Å². The molecule has 0 aliphatic carbocycles. The van der Waals surface area contributed by atoms with E-state index in [0.717, 1.165) is 11.3 Å². The third-order valence-corrected chi connectivity index (χ3v) is 2.72. The van der Waals surface area contributed by atoms with E-state index in [-0.39, 0.29) is 11.4 Å². The number of anilines is 1. The van der Waals surface area contributed by atoms with Crippen molar-refractivity contribution in [2.45, 2.75) is 32.9 Å². The minimum absolute atomic E-state index is 0.0349. The van der Waals surface area contributed by atoms with Gasteiger partial charge in [-0.15, -0.1) is 0 Å². The van der Waals surface area contributed by atoms with Gasteiger partial charge in [-0.1, -0.05) is 0 Å². The minimum Gasteiger partial charge on any atom is -0.379 e. The Morgan fingerprint density at radius 3 is 2.43 bits per heavy atom. The summed E-state index contributed by atoms with van der Waals surface area (Å²) in [7, 11) is 0. The highest BCUT2D eigenvalue weighted by atomic mass is 16.1. The van der Waals surface area contributed by atoms with Crippen molar-refractivity contribution >= 4 is 11.6 Å². The number of carbonyl (C=O) groups is 1. The lowest BCUT2D eigenvalue weighted by molar-refractivity contribution is 0.0946. The van der Waals surface area contributed by atoms with Gasteiger partial charge in [-0.3, -0.25) is 9.78 Å². The second kappa shape index (κ2) is 6.35. The second-order valence-electron chi connectivity index (χ2n) is 5.85. The van der Waals surface area contributed by atoms with Crippen molar-refractivity contribution in [2.24, 2.45) is 0 Å². The fourth-order valence-corrected chi connectivity index (χ4v) is 1.81. The predicted molar refractivity (Wildman–Crippen MR) is 83.0 cm³/mol. The van der Waals surface area contributed by atoms with Crippen molar-refractivity contribution < 1.29 is 4.79 Å². The molecule has 0 aromatic carbocycles. The fourth-order valence-electron chi connectivity index (χ4n) is 1.81. The monoisotopic (exact) mass is 284 g/mol. The smallest absolute Gasteiger partial charge is 0.270 e. The van der Waals surface area contributed by atoms with Gasteiger partial charge in [0, 0.05) is 24.5 Å². The van der Waals surface area contributed by atoms with E-state index in [2.05, 4.69) is 41.4 Å². The molecule has 0 aliphatic rings. The van der Waals surface area contributed by atoms with Crippen LogP contribution in [0.5, 0.6) is 0 Å². The highest BCUT2D eigenvalue weighted by Crippen LogP contribution is 2.13. The van der Waals surface area contributed by atoms with Gasteiger partial charge < -0.3 is 10.6 Å². The summed E-state index contributed by atoms with van der Waals surface area (Å²) in [6, 6.07) is 7.31. The summed E-state index contributed by atoms with van der Waals surface area (Å²) < 4.78 is 0. The summed E-state index contributed by atoms with van der Waals surface area (Å²) >= 11 is 0. The van der Waals surface area contributed by atoms with Crippen molar-refractivity contribution in [1.82, 2.24) is 15.3 Å². The van der Waals surface area contributed by atoms with E-state index in [1.165, 1.54) is 0 Å². The number of hydrogen-bond donors (Lipinski definition) is 2. The molecule has 0 fully saturated rings. The highest BCUT2D eigenvalue weighted by molar-refractivity contribution is 5.92. The molecule has 0 radical (unpaired) electrons. The summed E-state index contributed by atoms with van der Waals surface area (Å²) in [5, 5.41) is 6.14. The van der Waals surface area contributed by atoms with Gasteiger partial charge in [-0.05, 0) is 50.6 Å². The Balaban J connectivity index is 1.94. The fraction of sp³-hybridized carbons (Fsp3) is 0.312. The first-order chi connectivity index (χ1) is 9.94.